The molecule has 84 valence electrons. The van der Waals surface area contributed by atoms with Gasteiger partial charge >= 0.3 is 0 Å². The second kappa shape index (κ2) is 5.35. The van der Waals surface area contributed by atoms with Crippen molar-refractivity contribution in [2.45, 2.75) is 53.1 Å². The minimum Gasteiger partial charge on any atom is -0.350 e. The van der Waals surface area contributed by atoms with Crippen LogP contribution in [0.5, 0.6) is 0 Å². The average molecular weight is 200 g/mol. The van der Waals surface area contributed by atoms with Crippen molar-refractivity contribution in [3.8, 4) is 0 Å². The fourth-order valence-corrected chi connectivity index (χ4v) is 0.952. The summed E-state index contributed by atoms with van der Waals surface area (Å²) in [5.74, 6) is 0.613. The first-order valence-electron chi connectivity index (χ1n) is 5.27. The summed E-state index contributed by atoms with van der Waals surface area (Å²) in [6.07, 6.45) is 0. The van der Waals surface area contributed by atoms with Crippen molar-refractivity contribution in [1.29, 1.82) is 0 Å². The maximum atomic E-state index is 11.4. The van der Waals surface area contributed by atoms with Crippen molar-refractivity contribution >= 4 is 5.91 Å². The molecule has 0 rings (SSSR count). The molecular formula is C11H24N2O. The Hall–Kier alpha value is -0.570. The summed E-state index contributed by atoms with van der Waals surface area (Å²) in [4.78, 5) is 11.4. The Morgan fingerprint density at radius 2 is 1.71 bits per heavy atom. The molecule has 0 radical (unpaired) electrons. The fourth-order valence-electron chi connectivity index (χ4n) is 0.952. The highest BCUT2D eigenvalue weighted by Gasteiger charge is 2.14. The molecule has 1 unspecified atom stereocenters. The van der Waals surface area contributed by atoms with Gasteiger partial charge in [-0.05, 0) is 33.6 Å². The van der Waals surface area contributed by atoms with Crippen LogP contribution < -0.4 is 10.6 Å². The van der Waals surface area contributed by atoms with Crippen LogP contribution in [0.15, 0.2) is 0 Å². The number of amides is 1. The van der Waals surface area contributed by atoms with Gasteiger partial charge in [-0.1, -0.05) is 13.8 Å². The Morgan fingerprint density at radius 3 is 2.07 bits per heavy atom. The normalized spacial score (nSPS) is 14.2. The molecule has 0 aromatic rings. The van der Waals surface area contributed by atoms with Gasteiger partial charge in [0.05, 0.1) is 6.54 Å². The van der Waals surface area contributed by atoms with Crippen LogP contribution >= 0.6 is 0 Å². The third kappa shape index (κ3) is 6.89. The lowest BCUT2D eigenvalue weighted by molar-refractivity contribution is -0.121. The molecule has 2 N–H and O–H groups in total. The van der Waals surface area contributed by atoms with Crippen molar-refractivity contribution < 1.29 is 4.79 Å². The molecule has 1 amide bonds. The fraction of sp³-hybridized carbons (Fsp3) is 0.909. The molecule has 0 saturated heterocycles. The van der Waals surface area contributed by atoms with Crippen molar-refractivity contribution in [3.63, 3.8) is 0 Å². The Kier molecular flexibility index (Phi) is 5.13. The molecule has 0 bridgehead atoms. The first-order chi connectivity index (χ1) is 6.22. The lowest BCUT2D eigenvalue weighted by Crippen LogP contribution is -2.46. The highest BCUT2D eigenvalue weighted by Crippen LogP contribution is 2.00. The van der Waals surface area contributed by atoms with Gasteiger partial charge in [0.2, 0.25) is 5.91 Å². The Bertz CT molecular complexity index is 182. The van der Waals surface area contributed by atoms with E-state index in [1.165, 1.54) is 0 Å². The zero-order valence-electron chi connectivity index (χ0n) is 10.3. The largest absolute Gasteiger partial charge is 0.350 e. The van der Waals surface area contributed by atoms with Crippen LogP contribution in [0.25, 0.3) is 0 Å². The predicted octanol–water partition coefficient (Wildman–Crippen LogP) is 1.54. The van der Waals surface area contributed by atoms with Crippen molar-refractivity contribution in [3.05, 3.63) is 0 Å². The van der Waals surface area contributed by atoms with Crippen LogP contribution in [0.4, 0.5) is 0 Å². The maximum Gasteiger partial charge on any atom is 0.234 e. The first kappa shape index (κ1) is 13.4. The van der Waals surface area contributed by atoms with Gasteiger partial charge in [-0.15, -0.1) is 0 Å². The minimum absolute atomic E-state index is 0.0602. The molecular weight excluding hydrogens is 176 g/mol. The lowest BCUT2D eigenvalue weighted by Gasteiger charge is -2.22. The summed E-state index contributed by atoms with van der Waals surface area (Å²) in [5.41, 5.74) is -0.139. The molecule has 0 aromatic carbocycles. The third-order valence-corrected chi connectivity index (χ3v) is 2.10. The lowest BCUT2D eigenvalue weighted by atomic mass is 10.1. The van der Waals surface area contributed by atoms with Crippen molar-refractivity contribution in [2.24, 2.45) is 5.92 Å². The quantitative estimate of drug-likeness (QED) is 0.722. The Labute approximate surface area is 87.6 Å². The topological polar surface area (TPSA) is 41.1 Å². The van der Waals surface area contributed by atoms with Gasteiger partial charge in [0.25, 0.3) is 0 Å². The Morgan fingerprint density at radius 1 is 1.21 bits per heavy atom. The smallest absolute Gasteiger partial charge is 0.234 e. The molecule has 0 aliphatic heterocycles. The Balaban J connectivity index is 3.75. The molecule has 0 aliphatic carbocycles. The van der Waals surface area contributed by atoms with Gasteiger partial charge in [0.1, 0.15) is 0 Å². The molecule has 14 heavy (non-hydrogen) atoms. The van der Waals surface area contributed by atoms with Crippen LogP contribution in [-0.2, 0) is 4.79 Å². The van der Waals surface area contributed by atoms with E-state index in [9.17, 15) is 4.79 Å². The zero-order chi connectivity index (χ0) is 11.4. The molecule has 0 aliphatic rings. The predicted molar refractivity (Wildman–Crippen MR) is 60.2 cm³/mol. The molecule has 0 spiro atoms. The summed E-state index contributed by atoms with van der Waals surface area (Å²) in [5, 5.41) is 6.10. The molecule has 0 heterocycles. The highest BCUT2D eigenvalue weighted by atomic mass is 16.2. The van der Waals surface area contributed by atoms with Crippen LogP contribution in [0, 0.1) is 5.92 Å². The first-order valence-corrected chi connectivity index (χ1v) is 5.27. The molecule has 3 heteroatoms. The summed E-state index contributed by atoms with van der Waals surface area (Å²) < 4.78 is 0. The SMILES string of the molecule is CC(C)C(C)NCC(=O)NC(C)(C)C. The molecule has 0 aromatic heterocycles. The van der Waals surface area contributed by atoms with Gasteiger partial charge in [0.15, 0.2) is 0 Å². The highest BCUT2D eigenvalue weighted by molar-refractivity contribution is 5.78. The van der Waals surface area contributed by atoms with Crippen molar-refractivity contribution in [1.82, 2.24) is 10.6 Å². The van der Waals surface area contributed by atoms with Gasteiger partial charge < -0.3 is 10.6 Å². The van der Waals surface area contributed by atoms with Crippen LogP contribution in [0.1, 0.15) is 41.5 Å². The van der Waals surface area contributed by atoms with Gasteiger partial charge in [-0.2, -0.15) is 0 Å². The number of rotatable bonds is 4. The number of carbonyl (C=O) groups is 1. The maximum absolute atomic E-state index is 11.4. The van der Waals surface area contributed by atoms with Gasteiger partial charge in [0, 0.05) is 11.6 Å². The van der Waals surface area contributed by atoms with Crippen LogP contribution in [-0.4, -0.2) is 24.0 Å². The van der Waals surface area contributed by atoms with E-state index in [1.807, 2.05) is 20.8 Å². The summed E-state index contributed by atoms with van der Waals surface area (Å²) in [6.45, 7) is 12.7. The van der Waals surface area contributed by atoms with Crippen molar-refractivity contribution in [2.75, 3.05) is 6.54 Å². The van der Waals surface area contributed by atoms with Crippen LogP contribution in [0.3, 0.4) is 0 Å². The molecule has 1 atom stereocenters. The van der Waals surface area contributed by atoms with Crippen LogP contribution in [0.2, 0.25) is 0 Å². The van der Waals surface area contributed by atoms with E-state index in [4.69, 9.17) is 0 Å². The number of hydrogen-bond donors (Lipinski definition) is 2. The van der Waals surface area contributed by atoms with E-state index in [-0.39, 0.29) is 11.4 Å². The van der Waals surface area contributed by atoms with Gasteiger partial charge in [-0.25, -0.2) is 0 Å². The second-order valence-corrected chi connectivity index (χ2v) is 5.21. The summed E-state index contributed by atoms with van der Waals surface area (Å²) in [7, 11) is 0. The third-order valence-electron chi connectivity index (χ3n) is 2.10. The monoisotopic (exact) mass is 200 g/mol. The molecule has 0 fully saturated rings. The molecule has 0 saturated carbocycles. The van der Waals surface area contributed by atoms with E-state index < -0.39 is 0 Å². The van der Waals surface area contributed by atoms with E-state index in [0.717, 1.165) is 0 Å². The minimum atomic E-state index is -0.139. The van der Waals surface area contributed by atoms with E-state index in [2.05, 4.69) is 31.4 Å². The number of nitrogens with one attached hydrogen (secondary N) is 2. The average Bonchev–Trinajstić information content (AvgIpc) is 1.96. The number of hydrogen-bond acceptors (Lipinski definition) is 2. The standard InChI is InChI=1S/C11H24N2O/c1-8(2)9(3)12-7-10(14)13-11(4,5)6/h8-9,12H,7H2,1-6H3,(H,13,14). The van der Waals surface area contributed by atoms with Gasteiger partial charge in [-0.3, -0.25) is 4.79 Å². The summed E-state index contributed by atoms with van der Waals surface area (Å²) in [6, 6.07) is 0.376. The zero-order valence-corrected chi connectivity index (χ0v) is 10.3. The number of carbonyl (C=O) groups excluding carboxylic acids is 1. The second-order valence-electron chi connectivity index (χ2n) is 5.21. The van der Waals surface area contributed by atoms with E-state index in [1.54, 1.807) is 0 Å². The van der Waals surface area contributed by atoms with E-state index >= 15 is 0 Å². The summed E-state index contributed by atoms with van der Waals surface area (Å²) >= 11 is 0. The molecule has 3 nitrogen and oxygen atoms in total. The van der Waals surface area contributed by atoms with E-state index in [0.29, 0.717) is 18.5 Å².